The van der Waals surface area contributed by atoms with Gasteiger partial charge in [-0.25, -0.2) is 9.59 Å². The molecule has 1 saturated heterocycles. The number of aliphatic hydroxyl groups excluding tert-OH is 1. The molecule has 0 radical (unpaired) electrons. The monoisotopic (exact) mass is 1060 g/mol. The van der Waals surface area contributed by atoms with E-state index in [1.54, 1.807) is 73.7 Å². The number of halogens is 3. The van der Waals surface area contributed by atoms with Crippen LogP contribution in [0.1, 0.15) is 101 Å². The largest absolute Gasteiger partial charge is 0.523 e. The zero-order valence-electron chi connectivity index (χ0n) is 41.8. The molecule has 3 aromatic carbocycles. The third kappa shape index (κ3) is 10.2. The van der Waals surface area contributed by atoms with Crippen LogP contribution in [0, 0.1) is 16.7 Å². The fraction of sp³-hybridized carbons (Fsp3) is 0.519. The van der Waals surface area contributed by atoms with Gasteiger partial charge in [0.15, 0.2) is 24.1 Å². The molecule has 7 rings (SSSR count). The third-order valence-electron chi connectivity index (χ3n) is 14.9. The second-order valence-corrected chi connectivity index (χ2v) is 21.2. The Morgan fingerprint density at radius 2 is 1.45 bits per heavy atom. The summed E-state index contributed by atoms with van der Waals surface area (Å²) in [6, 6.07) is 22.4. The number of nitrogens with one attached hydrogen (secondary N) is 1. The van der Waals surface area contributed by atoms with E-state index in [0.29, 0.717) is 5.56 Å². The number of amides is 1. The average molecular weight is 1060 g/mol. The number of ether oxygens (including phenoxy) is 7. The molecule has 18 nitrogen and oxygen atoms in total. The highest BCUT2D eigenvalue weighted by molar-refractivity contribution is 7.87. The summed E-state index contributed by atoms with van der Waals surface area (Å²) in [5.74, 6) is -6.98. The highest BCUT2D eigenvalue weighted by atomic mass is 32.2. The molecule has 1 aliphatic heterocycles. The minimum Gasteiger partial charge on any atom is -0.456 e. The lowest BCUT2D eigenvalue weighted by atomic mass is 9.44. The van der Waals surface area contributed by atoms with E-state index in [1.807, 2.05) is 0 Å². The Bertz CT molecular complexity index is 2730. The van der Waals surface area contributed by atoms with Crippen LogP contribution < -0.4 is 5.32 Å². The Morgan fingerprint density at radius 3 is 1.97 bits per heavy atom. The molecule has 4 aliphatic rings. The van der Waals surface area contributed by atoms with Crippen LogP contribution in [0.5, 0.6) is 0 Å². The van der Waals surface area contributed by atoms with Gasteiger partial charge in [0.05, 0.1) is 30.2 Å². The van der Waals surface area contributed by atoms with E-state index in [1.165, 1.54) is 52.0 Å². The van der Waals surface area contributed by atoms with Gasteiger partial charge >= 0.3 is 39.5 Å². The Morgan fingerprint density at radius 1 is 0.865 bits per heavy atom. The molecule has 402 valence electrons. The number of fused-ring (bicyclic) bond motifs is 5. The van der Waals surface area contributed by atoms with Crippen LogP contribution in [-0.2, 0) is 61.8 Å². The Kier molecular flexibility index (Phi) is 16.0. The van der Waals surface area contributed by atoms with Crippen LogP contribution in [0.15, 0.2) is 102 Å². The summed E-state index contributed by atoms with van der Waals surface area (Å²) in [5, 5.41) is 30.1. The average Bonchev–Trinajstić information content (AvgIpc) is 3.33. The summed E-state index contributed by atoms with van der Waals surface area (Å²) >= 11 is 0. The van der Waals surface area contributed by atoms with E-state index in [2.05, 4.69) is 5.32 Å². The Hall–Kier alpha value is -5.75. The summed E-state index contributed by atoms with van der Waals surface area (Å²) < 4.78 is 117. The SMILES string of the molecule is CCOC(C)O[C@@H](C(=O)O[C@H]1C[C@@]2(O)[C@@H](OC(=O)c3ccccc3)[C@@H]3[C@]4(OC(C)=O)CO[C@@H]4C[C@H](OS(=O)(=O)C(F)(F)F)[C@@]3(C)[C@@H](O)[C@H](OC(C)=O)C(=C1C)C2(C)C)[C@@H](NC(=O)c1ccccc1)c1ccccc1. The van der Waals surface area contributed by atoms with Crippen LogP contribution in [0.4, 0.5) is 13.2 Å². The molecule has 0 spiro atoms. The number of carbonyl (C=O) groups is 5. The van der Waals surface area contributed by atoms with Gasteiger partial charge in [0.1, 0.15) is 30.0 Å². The van der Waals surface area contributed by atoms with E-state index in [-0.39, 0.29) is 28.9 Å². The summed E-state index contributed by atoms with van der Waals surface area (Å²) in [6.07, 6.45) is -16.5. The van der Waals surface area contributed by atoms with Crippen molar-refractivity contribution in [2.24, 2.45) is 16.7 Å². The number of benzene rings is 3. The number of hydrogen-bond donors (Lipinski definition) is 3. The van der Waals surface area contributed by atoms with Crippen molar-refractivity contribution in [3.8, 4) is 0 Å². The number of carbonyl (C=O) groups excluding carboxylic acids is 5. The van der Waals surface area contributed by atoms with E-state index >= 15 is 4.79 Å². The lowest BCUT2D eigenvalue weighted by Crippen LogP contribution is -2.82. The molecule has 3 N–H and O–H groups in total. The molecular weight excluding hydrogens is 1000 g/mol. The molecule has 13 atom stereocenters. The van der Waals surface area contributed by atoms with Gasteiger partial charge < -0.3 is 48.7 Å². The minimum atomic E-state index is -6.54. The fourth-order valence-electron chi connectivity index (χ4n) is 11.4. The van der Waals surface area contributed by atoms with Crippen LogP contribution in [0.2, 0.25) is 0 Å². The summed E-state index contributed by atoms with van der Waals surface area (Å²) in [7, 11) is -6.54. The quantitative estimate of drug-likeness (QED) is 0.0383. The van der Waals surface area contributed by atoms with Crippen LogP contribution in [0.25, 0.3) is 0 Å². The molecule has 1 unspecified atom stereocenters. The lowest BCUT2D eigenvalue weighted by Gasteiger charge is -2.69. The zero-order chi connectivity index (χ0) is 54.3. The summed E-state index contributed by atoms with van der Waals surface area (Å²) in [6.45, 7) is 10.1. The van der Waals surface area contributed by atoms with E-state index in [9.17, 15) is 51.0 Å². The molecule has 3 aromatic rings. The van der Waals surface area contributed by atoms with Crippen molar-refractivity contribution in [3.63, 3.8) is 0 Å². The zero-order valence-corrected chi connectivity index (χ0v) is 42.6. The number of aliphatic hydroxyl groups is 2. The first-order chi connectivity index (χ1) is 34.6. The maximum Gasteiger partial charge on any atom is 0.523 e. The molecule has 1 amide bonds. The van der Waals surface area contributed by atoms with Gasteiger partial charge in [0.2, 0.25) is 0 Å². The van der Waals surface area contributed by atoms with E-state index in [0.717, 1.165) is 20.8 Å². The van der Waals surface area contributed by atoms with Crippen molar-refractivity contribution in [2.45, 2.75) is 140 Å². The predicted molar refractivity (Wildman–Crippen MR) is 252 cm³/mol. The second-order valence-electron chi connectivity index (χ2n) is 19.7. The molecule has 74 heavy (non-hydrogen) atoms. The van der Waals surface area contributed by atoms with Crippen molar-refractivity contribution >= 4 is 39.9 Å². The molecule has 3 aliphatic carbocycles. The highest BCUT2D eigenvalue weighted by Crippen LogP contribution is 2.66. The molecule has 1 heterocycles. The van der Waals surface area contributed by atoms with Gasteiger partial charge in [-0.3, -0.25) is 18.6 Å². The summed E-state index contributed by atoms with van der Waals surface area (Å²) in [5.41, 5.74) is -15.0. The topological polar surface area (TPSA) is 246 Å². The van der Waals surface area contributed by atoms with Gasteiger partial charge in [-0.2, -0.15) is 21.6 Å². The van der Waals surface area contributed by atoms with Crippen molar-refractivity contribution in [2.75, 3.05) is 13.2 Å². The van der Waals surface area contributed by atoms with Crippen molar-refractivity contribution in [3.05, 3.63) is 119 Å². The Balaban J connectivity index is 1.47. The maximum absolute atomic E-state index is 15.2. The van der Waals surface area contributed by atoms with Gasteiger partial charge in [0.25, 0.3) is 5.91 Å². The number of rotatable bonds is 16. The fourth-order valence-corrected chi connectivity index (χ4v) is 12.1. The third-order valence-corrected chi connectivity index (χ3v) is 16.0. The first-order valence-corrected chi connectivity index (χ1v) is 25.3. The van der Waals surface area contributed by atoms with Crippen LogP contribution >= 0.6 is 0 Å². The predicted octanol–water partition coefficient (Wildman–Crippen LogP) is 5.81. The van der Waals surface area contributed by atoms with Gasteiger partial charge in [-0.1, -0.05) is 87.5 Å². The summed E-state index contributed by atoms with van der Waals surface area (Å²) in [4.78, 5) is 70.3. The number of esters is 4. The minimum absolute atomic E-state index is 0.0189. The normalized spacial score (nSPS) is 30.5. The molecule has 0 aromatic heterocycles. The second kappa shape index (κ2) is 21.1. The highest BCUT2D eigenvalue weighted by Gasteiger charge is 2.79. The maximum atomic E-state index is 15.2. The van der Waals surface area contributed by atoms with Crippen molar-refractivity contribution in [1.29, 1.82) is 0 Å². The molecular formula is C52H60F3NO17S. The lowest BCUT2D eigenvalue weighted by molar-refractivity contribution is -0.363. The van der Waals surface area contributed by atoms with E-state index < -0.39 is 148 Å². The molecule has 22 heteroatoms. The number of alkyl halides is 3. The van der Waals surface area contributed by atoms with Crippen molar-refractivity contribution in [1.82, 2.24) is 5.32 Å². The molecule has 2 bridgehead atoms. The van der Waals surface area contributed by atoms with Gasteiger partial charge in [-0.05, 0) is 61.7 Å². The standard InChI is InChI=1S/C52H60F3NO17S/c1-9-66-31(5)69-41(39(32-19-13-10-14-20-32)56-45(60)33-21-15-11-16-22-33)47(62)70-35-26-51(63)44(71-46(61)34-23-17-12-18-24-34)42-49(8,43(59)40(68-29(3)57)38(28(35)2)48(51,6)7)36(73-74(64,65)52(53,54)55)25-37-50(42,27-67-37)72-30(4)58/h10-24,31,35-37,39-44,59,63H,9,25-27H2,1-8H3,(H,56,60)/t31?,35-,36-,37+,39-,40+,41+,42-,43-,44-,49+,50-,51+/m0/s1. The number of hydrogen-bond acceptors (Lipinski definition) is 17. The van der Waals surface area contributed by atoms with Crippen molar-refractivity contribution < 1.29 is 93.1 Å². The molecule has 3 fully saturated rings. The van der Waals surface area contributed by atoms with Crippen LogP contribution in [-0.4, -0.2) is 127 Å². The smallest absolute Gasteiger partial charge is 0.456 e. The van der Waals surface area contributed by atoms with Crippen LogP contribution in [0.3, 0.4) is 0 Å². The first-order valence-electron chi connectivity index (χ1n) is 23.9. The Labute approximate surface area is 425 Å². The first kappa shape index (κ1) is 56.0. The van der Waals surface area contributed by atoms with Gasteiger partial charge in [0, 0.05) is 49.7 Å². The van der Waals surface area contributed by atoms with Gasteiger partial charge in [-0.15, -0.1) is 0 Å². The van der Waals surface area contributed by atoms with E-state index in [4.69, 9.17) is 37.3 Å². The molecule has 2 saturated carbocycles.